The first kappa shape index (κ1) is 25.2. The maximum Gasteiger partial charge on any atom is 0.271 e. The van der Waals surface area contributed by atoms with Crippen molar-refractivity contribution in [1.29, 1.82) is 0 Å². The lowest BCUT2D eigenvalue weighted by Gasteiger charge is -2.29. The number of benzene rings is 3. The molecular weight excluding hydrogens is 488 g/mol. The van der Waals surface area contributed by atoms with Gasteiger partial charge in [-0.25, -0.2) is 9.96 Å². The molecule has 38 heavy (non-hydrogen) atoms. The number of imide groups is 1. The lowest BCUT2D eigenvalue weighted by atomic mass is 9.90. The molecule has 2 aliphatic heterocycles. The summed E-state index contributed by atoms with van der Waals surface area (Å²) in [5, 5.41) is 12.9. The highest BCUT2D eigenvalue weighted by atomic mass is 16.7. The van der Waals surface area contributed by atoms with Gasteiger partial charge in [0.15, 0.2) is 6.10 Å². The number of amides is 2. The summed E-state index contributed by atoms with van der Waals surface area (Å²) in [7, 11) is 3.85. The summed E-state index contributed by atoms with van der Waals surface area (Å²) >= 11 is 0. The lowest BCUT2D eigenvalue weighted by molar-refractivity contribution is -0.384. The Morgan fingerprint density at radius 2 is 1.68 bits per heavy atom. The quantitative estimate of drug-likeness (QED) is 0.245. The van der Waals surface area contributed by atoms with E-state index in [0.29, 0.717) is 23.7 Å². The fourth-order valence-corrected chi connectivity index (χ4v) is 4.86. The van der Waals surface area contributed by atoms with Crippen LogP contribution in [0.2, 0.25) is 0 Å². The largest absolute Gasteiger partial charge is 0.494 e. The van der Waals surface area contributed by atoms with Crippen LogP contribution < -0.4 is 19.6 Å². The summed E-state index contributed by atoms with van der Waals surface area (Å²) in [5.41, 5.74) is 2.42. The topological polar surface area (TPSA) is 105 Å². The van der Waals surface area contributed by atoms with Gasteiger partial charge in [0.2, 0.25) is 5.91 Å². The van der Waals surface area contributed by atoms with E-state index in [1.807, 2.05) is 50.2 Å². The van der Waals surface area contributed by atoms with Gasteiger partial charge in [-0.15, -0.1) is 0 Å². The molecule has 0 spiro atoms. The zero-order valence-corrected chi connectivity index (χ0v) is 21.3. The second kappa shape index (κ2) is 10.1. The van der Waals surface area contributed by atoms with Crippen LogP contribution in [-0.2, 0) is 14.4 Å². The van der Waals surface area contributed by atoms with Crippen molar-refractivity contribution >= 4 is 34.6 Å². The van der Waals surface area contributed by atoms with Gasteiger partial charge >= 0.3 is 0 Å². The van der Waals surface area contributed by atoms with Crippen molar-refractivity contribution in [2.45, 2.75) is 25.5 Å². The fraction of sp³-hybridized carbons (Fsp3) is 0.286. The molecule has 0 saturated carbocycles. The Hall–Kier alpha value is -4.44. The number of hydrogen-bond acceptors (Lipinski definition) is 8. The van der Waals surface area contributed by atoms with Crippen molar-refractivity contribution in [2.24, 2.45) is 5.92 Å². The maximum absolute atomic E-state index is 13.8. The fourth-order valence-electron chi connectivity index (χ4n) is 4.86. The molecule has 10 heteroatoms. The average Bonchev–Trinajstić information content (AvgIpc) is 3.43. The molecule has 5 rings (SSSR count). The summed E-state index contributed by atoms with van der Waals surface area (Å²) in [6.07, 6.45) is -0.208. The third-order valence-electron chi connectivity index (χ3n) is 6.73. The molecule has 0 N–H and O–H groups in total. The number of rotatable bonds is 8. The number of nitrogens with zero attached hydrogens (tertiary/aromatic N) is 4. The molecule has 0 unspecified atom stereocenters. The number of nitro benzene ring substituents is 1. The van der Waals surface area contributed by atoms with E-state index in [-0.39, 0.29) is 5.69 Å². The Morgan fingerprint density at radius 1 is 0.974 bits per heavy atom. The predicted octanol–water partition coefficient (Wildman–Crippen LogP) is 4.50. The molecule has 0 aliphatic carbocycles. The number of anilines is 3. The summed E-state index contributed by atoms with van der Waals surface area (Å²) in [6.45, 7) is 2.58. The Bertz CT molecular complexity index is 1360. The highest BCUT2D eigenvalue weighted by Gasteiger charge is 2.60. The van der Waals surface area contributed by atoms with Gasteiger partial charge in [-0.3, -0.25) is 24.5 Å². The number of fused-ring (bicyclic) bond motifs is 1. The molecule has 3 aromatic rings. The van der Waals surface area contributed by atoms with E-state index < -0.39 is 34.8 Å². The van der Waals surface area contributed by atoms with E-state index in [9.17, 15) is 19.7 Å². The van der Waals surface area contributed by atoms with Crippen LogP contribution in [0.5, 0.6) is 5.75 Å². The Morgan fingerprint density at radius 3 is 2.32 bits per heavy atom. The van der Waals surface area contributed by atoms with E-state index >= 15 is 0 Å². The van der Waals surface area contributed by atoms with Gasteiger partial charge in [0.05, 0.1) is 28.9 Å². The lowest BCUT2D eigenvalue weighted by Crippen LogP contribution is -2.37. The Labute approximate surface area is 220 Å². The van der Waals surface area contributed by atoms with Gasteiger partial charge in [0.1, 0.15) is 11.7 Å². The second-order valence-electron chi connectivity index (χ2n) is 9.44. The molecule has 0 radical (unpaired) electrons. The third kappa shape index (κ3) is 4.43. The zero-order valence-electron chi connectivity index (χ0n) is 21.3. The van der Waals surface area contributed by atoms with Crippen LogP contribution in [-0.4, -0.2) is 43.5 Å². The standard InChI is InChI=1S/C28H28N4O6/c1-4-16-37-23-14-12-20(13-15-23)30-27(33)24-25(18-8-10-19(11-9-18)29(2)3)31(38-26(24)28(30)34)21-6-5-7-22(17-21)32(35)36/h5-15,17,24-26H,4,16H2,1-3H3/t24-,25-,26+/m0/s1. The molecular formula is C28H28N4O6. The summed E-state index contributed by atoms with van der Waals surface area (Å²) in [4.78, 5) is 47.5. The van der Waals surface area contributed by atoms with Crippen molar-refractivity contribution < 1.29 is 24.1 Å². The minimum Gasteiger partial charge on any atom is -0.494 e. The molecule has 3 atom stereocenters. The molecule has 2 amide bonds. The van der Waals surface area contributed by atoms with Crippen molar-refractivity contribution in [1.82, 2.24) is 0 Å². The number of hydrogen-bond donors (Lipinski definition) is 0. The molecule has 196 valence electrons. The van der Waals surface area contributed by atoms with Crippen LogP contribution in [0, 0.1) is 16.0 Å². The monoisotopic (exact) mass is 516 g/mol. The molecule has 2 fully saturated rings. The average molecular weight is 517 g/mol. The van der Waals surface area contributed by atoms with Crippen molar-refractivity contribution in [3.63, 3.8) is 0 Å². The summed E-state index contributed by atoms with van der Waals surface area (Å²) in [5.74, 6) is -1.06. The van der Waals surface area contributed by atoms with Crippen LogP contribution in [0.15, 0.2) is 72.8 Å². The normalized spacial score (nSPS) is 20.6. The molecule has 2 heterocycles. The van der Waals surface area contributed by atoms with Gasteiger partial charge in [0, 0.05) is 31.9 Å². The van der Waals surface area contributed by atoms with Crippen LogP contribution in [0.4, 0.5) is 22.7 Å². The number of ether oxygens (including phenoxy) is 1. The number of carbonyl (C=O) groups is 2. The van der Waals surface area contributed by atoms with Crippen LogP contribution >= 0.6 is 0 Å². The van der Waals surface area contributed by atoms with Gasteiger partial charge in [-0.05, 0) is 54.4 Å². The Kier molecular flexibility index (Phi) is 6.73. The zero-order chi connectivity index (χ0) is 27.0. The molecule has 2 saturated heterocycles. The van der Waals surface area contributed by atoms with E-state index in [1.165, 1.54) is 17.2 Å². The highest BCUT2D eigenvalue weighted by Crippen LogP contribution is 2.48. The van der Waals surface area contributed by atoms with E-state index in [0.717, 1.165) is 22.6 Å². The van der Waals surface area contributed by atoms with E-state index in [2.05, 4.69) is 0 Å². The van der Waals surface area contributed by atoms with Crippen molar-refractivity contribution in [2.75, 3.05) is 35.6 Å². The first-order valence-corrected chi connectivity index (χ1v) is 12.4. The van der Waals surface area contributed by atoms with Crippen molar-refractivity contribution in [3.8, 4) is 5.75 Å². The maximum atomic E-state index is 13.8. The number of carbonyl (C=O) groups excluding carboxylic acids is 2. The molecule has 2 aliphatic rings. The first-order valence-electron chi connectivity index (χ1n) is 12.4. The van der Waals surface area contributed by atoms with E-state index in [1.54, 1.807) is 36.4 Å². The third-order valence-corrected chi connectivity index (χ3v) is 6.73. The first-order chi connectivity index (χ1) is 18.3. The predicted molar refractivity (Wildman–Crippen MR) is 142 cm³/mol. The molecule has 0 aromatic heterocycles. The molecule has 0 bridgehead atoms. The second-order valence-corrected chi connectivity index (χ2v) is 9.44. The van der Waals surface area contributed by atoms with Crippen LogP contribution in [0.25, 0.3) is 0 Å². The van der Waals surface area contributed by atoms with Gasteiger partial charge in [-0.2, -0.15) is 0 Å². The van der Waals surface area contributed by atoms with Crippen LogP contribution in [0.3, 0.4) is 0 Å². The molecule has 10 nitrogen and oxygen atoms in total. The van der Waals surface area contributed by atoms with E-state index in [4.69, 9.17) is 9.57 Å². The van der Waals surface area contributed by atoms with Gasteiger partial charge in [-0.1, -0.05) is 25.1 Å². The minimum absolute atomic E-state index is 0.116. The smallest absolute Gasteiger partial charge is 0.271 e. The van der Waals surface area contributed by atoms with Crippen LogP contribution in [0.1, 0.15) is 24.9 Å². The highest BCUT2D eigenvalue weighted by molar-refractivity contribution is 6.23. The minimum atomic E-state index is -1.07. The van der Waals surface area contributed by atoms with Gasteiger partial charge in [0.25, 0.3) is 11.6 Å². The number of non-ortho nitro benzene ring substituents is 1. The molecule has 3 aromatic carbocycles. The van der Waals surface area contributed by atoms with Gasteiger partial charge < -0.3 is 9.64 Å². The SMILES string of the molecule is CCCOc1ccc(N2C(=O)[C@@H]3[C@@H](ON(c4cccc([N+](=O)[O-])c4)[C@H]3c3ccc(N(C)C)cc3)C2=O)cc1. The number of hydroxylamine groups is 1. The summed E-state index contributed by atoms with van der Waals surface area (Å²) in [6, 6.07) is 19.7. The Balaban J connectivity index is 1.52. The van der Waals surface area contributed by atoms with Crippen molar-refractivity contribution in [3.05, 3.63) is 88.5 Å². The summed E-state index contributed by atoms with van der Waals surface area (Å²) < 4.78 is 5.62. The number of nitro groups is 1.